The lowest BCUT2D eigenvalue weighted by molar-refractivity contribution is -0.121. The zero-order valence-corrected chi connectivity index (χ0v) is 17.7. The maximum absolute atomic E-state index is 12.9. The van der Waals surface area contributed by atoms with E-state index in [-0.39, 0.29) is 17.6 Å². The molecule has 1 amide bonds. The number of aromatic nitrogens is 4. The highest BCUT2D eigenvalue weighted by atomic mass is 16.5. The number of rotatable bonds is 7. The number of pyridine rings is 1. The number of nitrogens with one attached hydrogen (secondary N) is 1. The van der Waals surface area contributed by atoms with E-state index in [0.29, 0.717) is 32.4 Å². The topological polar surface area (TPSA) is 91.0 Å². The Morgan fingerprint density at radius 2 is 2.03 bits per heavy atom. The molecule has 0 bridgehead atoms. The predicted octanol–water partition coefficient (Wildman–Crippen LogP) is 1.95. The summed E-state index contributed by atoms with van der Waals surface area (Å²) in [6.07, 6.45) is 6.77. The van der Waals surface area contributed by atoms with E-state index >= 15 is 0 Å². The van der Waals surface area contributed by atoms with Gasteiger partial charge in [-0.05, 0) is 54.7 Å². The Labute approximate surface area is 180 Å². The van der Waals surface area contributed by atoms with Gasteiger partial charge in [-0.2, -0.15) is 5.10 Å². The van der Waals surface area contributed by atoms with Crippen LogP contribution in [0.3, 0.4) is 0 Å². The van der Waals surface area contributed by atoms with Crippen LogP contribution in [-0.4, -0.2) is 38.4 Å². The molecule has 0 aliphatic carbocycles. The molecule has 1 aliphatic heterocycles. The number of nitrogens with zero attached hydrogens (tertiary/aromatic N) is 4. The molecule has 1 N–H and O–H groups in total. The van der Waals surface area contributed by atoms with Gasteiger partial charge in [0, 0.05) is 37.8 Å². The van der Waals surface area contributed by atoms with Gasteiger partial charge in [0.15, 0.2) is 0 Å². The first kappa shape index (κ1) is 20.8. The van der Waals surface area contributed by atoms with Gasteiger partial charge >= 0.3 is 5.69 Å². The summed E-state index contributed by atoms with van der Waals surface area (Å²) in [7, 11) is 1.62. The fourth-order valence-electron chi connectivity index (χ4n) is 3.93. The minimum Gasteiger partial charge on any atom is -0.497 e. The van der Waals surface area contributed by atoms with Crippen LogP contribution in [0, 0.1) is 0 Å². The molecule has 8 heteroatoms. The number of amides is 1. The van der Waals surface area contributed by atoms with Crippen molar-refractivity contribution >= 4 is 5.91 Å². The van der Waals surface area contributed by atoms with Crippen LogP contribution in [0.4, 0.5) is 0 Å². The van der Waals surface area contributed by atoms with Crippen LogP contribution >= 0.6 is 0 Å². The maximum Gasteiger partial charge on any atom is 0.346 e. The van der Waals surface area contributed by atoms with Crippen LogP contribution in [0.5, 0.6) is 5.75 Å². The summed E-state index contributed by atoms with van der Waals surface area (Å²) in [5.74, 6) is 1.58. The quantitative estimate of drug-likeness (QED) is 0.630. The molecule has 3 heterocycles. The molecule has 31 heavy (non-hydrogen) atoms. The first-order chi connectivity index (χ1) is 15.1. The molecule has 3 aromatic rings. The van der Waals surface area contributed by atoms with Gasteiger partial charge in [-0.1, -0.05) is 12.1 Å². The Balaban J connectivity index is 1.34. The number of aryl methyl sites for hydroxylation is 2. The molecule has 1 unspecified atom stereocenters. The number of methoxy groups -OCH3 is 1. The Hall–Kier alpha value is -3.42. The lowest BCUT2D eigenvalue weighted by Crippen LogP contribution is -2.36. The third-order valence-electron chi connectivity index (χ3n) is 5.64. The highest BCUT2D eigenvalue weighted by Gasteiger charge is 2.22. The summed E-state index contributed by atoms with van der Waals surface area (Å²) in [5.41, 5.74) is 1.96. The number of carbonyl (C=O) groups excluding carboxylic acids is 1. The van der Waals surface area contributed by atoms with Crippen LogP contribution in [0.1, 0.15) is 36.2 Å². The molecule has 1 atom stereocenters. The normalized spacial score (nSPS) is 15.7. The predicted molar refractivity (Wildman–Crippen MR) is 116 cm³/mol. The zero-order valence-electron chi connectivity index (χ0n) is 17.7. The van der Waals surface area contributed by atoms with Crippen molar-refractivity contribution < 1.29 is 9.53 Å². The fourth-order valence-corrected chi connectivity index (χ4v) is 3.93. The molecule has 0 saturated carbocycles. The Bertz CT molecular complexity index is 1090. The maximum atomic E-state index is 12.9. The van der Waals surface area contributed by atoms with Gasteiger partial charge in [-0.15, -0.1) is 0 Å². The summed E-state index contributed by atoms with van der Waals surface area (Å²) in [6.45, 7) is 0.965. The van der Waals surface area contributed by atoms with Gasteiger partial charge in [0.25, 0.3) is 0 Å². The van der Waals surface area contributed by atoms with Crippen LogP contribution in [0.2, 0.25) is 0 Å². The second kappa shape index (κ2) is 9.59. The van der Waals surface area contributed by atoms with Crippen LogP contribution < -0.4 is 15.7 Å². The lowest BCUT2D eigenvalue weighted by atomic mass is 10.1. The van der Waals surface area contributed by atoms with Crippen molar-refractivity contribution in [3.8, 4) is 5.75 Å². The molecule has 0 radical (unpaired) electrons. The molecule has 0 fully saturated rings. The van der Waals surface area contributed by atoms with Crippen LogP contribution in [0.25, 0.3) is 0 Å². The minimum atomic E-state index is -0.109. The van der Waals surface area contributed by atoms with E-state index in [2.05, 4.69) is 15.4 Å². The molecule has 4 rings (SSSR count). The minimum absolute atomic E-state index is 0.0387. The largest absolute Gasteiger partial charge is 0.497 e. The van der Waals surface area contributed by atoms with E-state index in [1.807, 2.05) is 36.4 Å². The number of hydrogen-bond donors (Lipinski definition) is 1. The second-order valence-corrected chi connectivity index (χ2v) is 7.81. The van der Waals surface area contributed by atoms with Crippen LogP contribution in [0.15, 0.2) is 53.6 Å². The number of hydrogen-bond acceptors (Lipinski definition) is 5. The molecule has 1 aliphatic rings. The number of carbonyl (C=O) groups is 1. The van der Waals surface area contributed by atoms with E-state index in [1.54, 1.807) is 24.1 Å². The van der Waals surface area contributed by atoms with Gasteiger partial charge in [0.05, 0.1) is 13.7 Å². The van der Waals surface area contributed by atoms with E-state index in [1.165, 1.54) is 4.68 Å². The van der Waals surface area contributed by atoms with E-state index in [4.69, 9.17) is 4.74 Å². The van der Waals surface area contributed by atoms with E-state index in [0.717, 1.165) is 35.5 Å². The summed E-state index contributed by atoms with van der Waals surface area (Å²) < 4.78 is 8.51. The van der Waals surface area contributed by atoms with Crippen molar-refractivity contribution in [1.82, 2.24) is 24.6 Å². The van der Waals surface area contributed by atoms with Crippen molar-refractivity contribution in [2.45, 2.75) is 51.2 Å². The molecule has 2 aromatic heterocycles. The standard InChI is InChI=1S/C23H27N5O3/c1-31-20-4-2-3-18(15-20)16-28-23(30)27-14-11-19(6-7-21(27)26-28)25-22(29)8-5-17-9-12-24-13-10-17/h2-4,9-10,12-13,15,19H,5-8,11,14,16H2,1H3,(H,25,29). The lowest BCUT2D eigenvalue weighted by Gasteiger charge is -2.16. The summed E-state index contributed by atoms with van der Waals surface area (Å²) >= 11 is 0. The zero-order chi connectivity index (χ0) is 21.6. The fraction of sp³-hybridized carbons (Fsp3) is 0.391. The number of benzene rings is 1. The van der Waals surface area contributed by atoms with Crippen LogP contribution in [-0.2, 0) is 30.7 Å². The first-order valence-corrected chi connectivity index (χ1v) is 10.6. The smallest absolute Gasteiger partial charge is 0.346 e. The van der Waals surface area contributed by atoms with Gasteiger partial charge in [-0.3, -0.25) is 14.3 Å². The Morgan fingerprint density at radius 1 is 1.19 bits per heavy atom. The average Bonchev–Trinajstić information content (AvgIpc) is 2.95. The van der Waals surface area contributed by atoms with E-state index in [9.17, 15) is 9.59 Å². The summed E-state index contributed by atoms with van der Waals surface area (Å²) in [6, 6.07) is 11.6. The highest BCUT2D eigenvalue weighted by Crippen LogP contribution is 2.15. The Morgan fingerprint density at radius 3 is 2.84 bits per heavy atom. The number of ether oxygens (including phenoxy) is 1. The highest BCUT2D eigenvalue weighted by molar-refractivity contribution is 5.76. The molecule has 8 nitrogen and oxygen atoms in total. The SMILES string of the molecule is COc1cccc(Cn2nc3n(c2=O)CCC(NC(=O)CCc2ccncc2)CC3)c1. The van der Waals surface area contributed by atoms with Crippen molar-refractivity contribution in [2.75, 3.05) is 7.11 Å². The molecule has 0 saturated heterocycles. The summed E-state index contributed by atoms with van der Waals surface area (Å²) in [4.78, 5) is 29.2. The third-order valence-corrected chi connectivity index (χ3v) is 5.64. The molecule has 0 spiro atoms. The molecular formula is C23H27N5O3. The number of fused-ring (bicyclic) bond motifs is 1. The van der Waals surface area contributed by atoms with Gasteiger partial charge < -0.3 is 10.1 Å². The second-order valence-electron chi connectivity index (χ2n) is 7.81. The van der Waals surface area contributed by atoms with Crippen molar-refractivity contribution in [2.24, 2.45) is 0 Å². The van der Waals surface area contributed by atoms with Crippen molar-refractivity contribution in [3.63, 3.8) is 0 Å². The van der Waals surface area contributed by atoms with Crippen molar-refractivity contribution in [1.29, 1.82) is 0 Å². The third kappa shape index (κ3) is 5.20. The van der Waals surface area contributed by atoms with Gasteiger partial charge in [0.2, 0.25) is 5.91 Å². The van der Waals surface area contributed by atoms with Gasteiger partial charge in [-0.25, -0.2) is 9.48 Å². The summed E-state index contributed by atoms with van der Waals surface area (Å²) in [5, 5.41) is 7.68. The monoisotopic (exact) mass is 421 g/mol. The molecule has 162 valence electrons. The Kier molecular flexibility index (Phi) is 6.45. The first-order valence-electron chi connectivity index (χ1n) is 10.6. The average molecular weight is 422 g/mol. The molecular weight excluding hydrogens is 394 g/mol. The molecule has 1 aromatic carbocycles. The van der Waals surface area contributed by atoms with Crippen molar-refractivity contribution in [3.05, 3.63) is 76.2 Å². The van der Waals surface area contributed by atoms with Gasteiger partial charge in [0.1, 0.15) is 11.6 Å². The van der Waals surface area contributed by atoms with E-state index < -0.39 is 0 Å².